The third kappa shape index (κ3) is 4.27. The molecule has 0 heterocycles. The van der Waals surface area contributed by atoms with E-state index in [9.17, 15) is 4.79 Å². The zero-order valence-corrected chi connectivity index (χ0v) is 12.8. The number of halogens is 1. The predicted octanol–water partition coefficient (Wildman–Crippen LogP) is 1.97. The number of rotatable bonds is 5. The van der Waals surface area contributed by atoms with E-state index in [2.05, 4.69) is 21.2 Å². The number of carbonyl (C=O) groups is 1. The Morgan fingerprint density at radius 3 is 2.72 bits per heavy atom. The minimum atomic E-state index is 0.0781. The summed E-state index contributed by atoms with van der Waals surface area (Å²) in [4.78, 5) is 13.3. The van der Waals surface area contributed by atoms with Crippen molar-refractivity contribution in [1.82, 2.24) is 4.90 Å². The molecule has 3 N–H and O–H groups in total. The van der Waals surface area contributed by atoms with Gasteiger partial charge in [-0.3, -0.25) is 4.79 Å². The molecule has 0 saturated carbocycles. The molecule has 1 aromatic rings. The molecule has 0 aliphatic carbocycles. The van der Waals surface area contributed by atoms with Gasteiger partial charge in [-0.1, -0.05) is 28.1 Å². The van der Waals surface area contributed by atoms with Crippen molar-refractivity contribution in [2.45, 2.75) is 6.42 Å². The first-order valence-electron chi connectivity index (χ1n) is 5.45. The van der Waals surface area contributed by atoms with Crippen molar-refractivity contribution in [2.24, 2.45) is 5.73 Å². The average Bonchev–Trinajstić information content (AvgIpc) is 2.28. The van der Waals surface area contributed by atoms with Crippen LogP contribution < -0.4 is 11.1 Å². The molecule has 0 bridgehead atoms. The van der Waals surface area contributed by atoms with E-state index in [1.165, 1.54) is 0 Å². The van der Waals surface area contributed by atoms with E-state index in [1.807, 2.05) is 18.2 Å². The summed E-state index contributed by atoms with van der Waals surface area (Å²) < 4.78 is 0.934. The number of carbonyl (C=O) groups excluding carboxylic acids is 1. The van der Waals surface area contributed by atoms with Gasteiger partial charge < -0.3 is 16.0 Å². The maximum absolute atomic E-state index is 11.4. The fourth-order valence-corrected chi connectivity index (χ4v) is 1.94. The summed E-state index contributed by atoms with van der Waals surface area (Å²) in [6.07, 6.45) is 0.427. The number of amides is 1. The molecular formula is C12H16BrN3OS. The number of anilines is 1. The van der Waals surface area contributed by atoms with E-state index < -0.39 is 0 Å². The first-order chi connectivity index (χ1) is 8.41. The number of hydrogen-bond donors (Lipinski definition) is 2. The maximum atomic E-state index is 11.4. The first-order valence-corrected chi connectivity index (χ1v) is 6.65. The van der Waals surface area contributed by atoms with Crippen LogP contribution >= 0.6 is 28.1 Å². The number of nitrogens with zero attached hydrogens (tertiary/aromatic N) is 1. The Bertz CT molecular complexity index is 463. The van der Waals surface area contributed by atoms with Gasteiger partial charge in [0.1, 0.15) is 4.99 Å². The fraction of sp³-hybridized carbons (Fsp3) is 0.333. The number of thiocarbonyl (C=S) groups is 1. The van der Waals surface area contributed by atoms with Gasteiger partial charge in [-0.15, -0.1) is 0 Å². The molecule has 0 unspecified atom stereocenters. The quantitative estimate of drug-likeness (QED) is 0.811. The van der Waals surface area contributed by atoms with E-state index in [0.717, 1.165) is 15.7 Å². The van der Waals surface area contributed by atoms with Gasteiger partial charge in [0.05, 0.1) is 0 Å². The highest BCUT2D eigenvalue weighted by Gasteiger charge is 2.07. The number of hydrogen-bond acceptors (Lipinski definition) is 3. The molecule has 0 fully saturated rings. The summed E-state index contributed by atoms with van der Waals surface area (Å²) in [7, 11) is 3.48. The van der Waals surface area contributed by atoms with Gasteiger partial charge in [-0.25, -0.2) is 0 Å². The van der Waals surface area contributed by atoms with Gasteiger partial charge in [0.15, 0.2) is 0 Å². The molecule has 0 aromatic heterocycles. The van der Waals surface area contributed by atoms with Crippen molar-refractivity contribution in [3.63, 3.8) is 0 Å². The normalized spacial score (nSPS) is 9.94. The Morgan fingerprint density at radius 1 is 1.50 bits per heavy atom. The summed E-state index contributed by atoms with van der Waals surface area (Å²) in [6, 6.07) is 5.63. The second-order valence-electron chi connectivity index (χ2n) is 4.02. The monoisotopic (exact) mass is 329 g/mol. The standard InChI is InChI=1S/C12H16BrN3OS/c1-16(2)11(17)5-6-15-10-7-8(13)3-4-9(10)12(14)18/h3-4,7,15H,5-6H2,1-2H3,(H2,14,18). The lowest BCUT2D eigenvalue weighted by atomic mass is 10.1. The SMILES string of the molecule is CN(C)C(=O)CCNc1cc(Br)ccc1C(N)=S. The van der Waals surface area contributed by atoms with Crippen LogP contribution in [0.5, 0.6) is 0 Å². The molecule has 1 rings (SSSR count). The molecule has 0 radical (unpaired) electrons. The van der Waals surface area contributed by atoms with Crippen molar-refractivity contribution >= 4 is 44.7 Å². The van der Waals surface area contributed by atoms with Gasteiger partial charge in [-0.2, -0.15) is 0 Å². The van der Waals surface area contributed by atoms with Gasteiger partial charge in [-0.05, 0) is 18.2 Å². The lowest BCUT2D eigenvalue weighted by Crippen LogP contribution is -2.24. The molecule has 0 aliphatic rings. The molecule has 6 heteroatoms. The van der Waals surface area contributed by atoms with Crippen LogP contribution in [-0.4, -0.2) is 36.4 Å². The summed E-state index contributed by atoms with van der Waals surface area (Å²) in [5.74, 6) is 0.0781. The molecule has 0 atom stereocenters. The summed E-state index contributed by atoms with van der Waals surface area (Å²) in [5.41, 5.74) is 7.26. The van der Waals surface area contributed by atoms with Gasteiger partial charge in [0.2, 0.25) is 5.91 Å². The fourth-order valence-electron chi connectivity index (χ4n) is 1.41. The van der Waals surface area contributed by atoms with E-state index in [-0.39, 0.29) is 5.91 Å². The smallest absolute Gasteiger partial charge is 0.223 e. The Balaban J connectivity index is 2.69. The van der Waals surface area contributed by atoms with Crippen LogP contribution in [-0.2, 0) is 4.79 Å². The van der Waals surface area contributed by atoms with Gasteiger partial charge in [0.25, 0.3) is 0 Å². The zero-order valence-electron chi connectivity index (χ0n) is 10.4. The molecule has 0 saturated heterocycles. The largest absolute Gasteiger partial charge is 0.389 e. The molecule has 0 spiro atoms. The highest BCUT2D eigenvalue weighted by molar-refractivity contribution is 9.10. The van der Waals surface area contributed by atoms with Crippen LogP contribution in [0.3, 0.4) is 0 Å². The minimum absolute atomic E-state index is 0.0781. The molecule has 1 amide bonds. The zero-order chi connectivity index (χ0) is 13.7. The van der Waals surface area contributed by atoms with Crippen molar-refractivity contribution < 1.29 is 4.79 Å². The van der Waals surface area contributed by atoms with Crippen LogP contribution in [0, 0.1) is 0 Å². The van der Waals surface area contributed by atoms with Crippen LogP contribution in [0.15, 0.2) is 22.7 Å². The topological polar surface area (TPSA) is 58.4 Å². The van der Waals surface area contributed by atoms with E-state index in [1.54, 1.807) is 19.0 Å². The Hall–Kier alpha value is -1.14. The van der Waals surface area contributed by atoms with Crippen LogP contribution in [0.2, 0.25) is 0 Å². The lowest BCUT2D eigenvalue weighted by Gasteiger charge is -2.13. The highest BCUT2D eigenvalue weighted by atomic mass is 79.9. The van der Waals surface area contributed by atoms with Crippen molar-refractivity contribution in [1.29, 1.82) is 0 Å². The van der Waals surface area contributed by atoms with E-state index in [0.29, 0.717) is 18.0 Å². The third-order valence-corrected chi connectivity index (χ3v) is 3.11. The Labute approximate surface area is 121 Å². The highest BCUT2D eigenvalue weighted by Crippen LogP contribution is 2.21. The molecule has 1 aromatic carbocycles. The molecule has 0 aliphatic heterocycles. The van der Waals surface area contributed by atoms with E-state index in [4.69, 9.17) is 18.0 Å². The van der Waals surface area contributed by atoms with Crippen molar-refractivity contribution in [2.75, 3.05) is 26.0 Å². The second kappa shape index (κ2) is 6.70. The number of nitrogens with one attached hydrogen (secondary N) is 1. The molecular weight excluding hydrogens is 314 g/mol. The second-order valence-corrected chi connectivity index (χ2v) is 5.37. The number of benzene rings is 1. The van der Waals surface area contributed by atoms with E-state index >= 15 is 0 Å². The van der Waals surface area contributed by atoms with Crippen LogP contribution in [0.4, 0.5) is 5.69 Å². The predicted molar refractivity (Wildman–Crippen MR) is 81.8 cm³/mol. The van der Waals surface area contributed by atoms with Crippen LogP contribution in [0.25, 0.3) is 0 Å². The van der Waals surface area contributed by atoms with Gasteiger partial charge in [0, 0.05) is 42.8 Å². The Morgan fingerprint density at radius 2 is 2.17 bits per heavy atom. The Kier molecular flexibility index (Phi) is 5.55. The average molecular weight is 330 g/mol. The summed E-state index contributed by atoms with van der Waals surface area (Å²) in [5, 5.41) is 3.18. The summed E-state index contributed by atoms with van der Waals surface area (Å²) >= 11 is 8.37. The third-order valence-electron chi connectivity index (χ3n) is 2.40. The van der Waals surface area contributed by atoms with Crippen LogP contribution in [0.1, 0.15) is 12.0 Å². The molecule has 4 nitrogen and oxygen atoms in total. The summed E-state index contributed by atoms with van der Waals surface area (Å²) in [6.45, 7) is 0.545. The lowest BCUT2D eigenvalue weighted by molar-refractivity contribution is -0.128. The van der Waals surface area contributed by atoms with Gasteiger partial charge >= 0.3 is 0 Å². The van der Waals surface area contributed by atoms with Crippen molar-refractivity contribution in [3.8, 4) is 0 Å². The first kappa shape index (κ1) is 14.9. The van der Waals surface area contributed by atoms with Crippen molar-refractivity contribution in [3.05, 3.63) is 28.2 Å². The maximum Gasteiger partial charge on any atom is 0.223 e. The molecule has 18 heavy (non-hydrogen) atoms. The molecule has 98 valence electrons. The number of nitrogens with two attached hydrogens (primary N) is 1. The minimum Gasteiger partial charge on any atom is -0.389 e.